The number of ether oxygens (including phenoxy) is 1. The molecule has 0 radical (unpaired) electrons. The third kappa shape index (κ3) is 3.76. The summed E-state index contributed by atoms with van der Waals surface area (Å²) in [5.41, 5.74) is -1.32. The van der Waals surface area contributed by atoms with Crippen molar-refractivity contribution in [3.63, 3.8) is 0 Å². The van der Waals surface area contributed by atoms with Crippen LogP contribution in [0.25, 0.3) is 0 Å². The molecule has 0 aromatic rings. The van der Waals surface area contributed by atoms with Crippen LogP contribution in [-0.4, -0.2) is 43.5 Å². The van der Waals surface area contributed by atoms with Gasteiger partial charge in [-0.05, 0) is 44.4 Å². The molecule has 0 bridgehead atoms. The zero-order valence-corrected chi connectivity index (χ0v) is 13.3. The van der Waals surface area contributed by atoms with Gasteiger partial charge in [0.1, 0.15) is 5.54 Å². The highest BCUT2D eigenvalue weighted by Crippen LogP contribution is 2.35. The lowest BCUT2D eigenvalue weighted by molar-refractivity contribution is -0.145. The fourth-order valence-electron chi connectivity index (χ4n) is 3.28. The van der Waals surface area contributed by atoms with Crippen LogP contribution < -0.4 is 4.72 Å². The molecule has 6 nitrogen and oxygen atoms in total. The Hall–Kier alpha value is -0.660. The molecule has 0 spiro atoms. The van der Waals surface area contributed by atoms with E-state index >= 15 is 0 Å². The molecule has 21 heavy (non-hydrogen) atoms. The summed E-state index contributed by atoms with van der Waals surface area (Å²) >= 11 is 0. The van der Waals surface area contributed by atoms with Crippen LogP contribution in [0.4, 0.5) is 0 Å². The van der Waals surface area contributed by atoms with Crippen LogP contribution in [0, 0.1) is 5.92 Å². The number of aliphatic carboxylic acids is 1. The van der Waals surface area contributed by atoms with Crippen LogP contribution in [0.2, 0.25) is 0 Å². The molecule has 7 heteroatoms. The van der Waals surface area contributed by atoms with E-state index in [1.807, 2.05) is 0 Å². The first kappa shape index (κ1) is 16.7. The Kier molecular flexibility index (Phi) is 5.27. The van der Waals surface area contributed by atoms with Crippen molar-refractivity contribution in [1.82, 2.24) is 4.72 Å². The minimum absolute atomic E-state index is 0.378. The highest BCUT2D eigenvalue weighted by molar-refractivity contribution is 7.90. The van der Waals surface area contributed by atoms with Crippen LogP contribution in [0.3, 0.4) is 0 Å². The Labute approximate surface area is 126 Å². The SMILES string of the molecule is CCC1CCC(NS(=O)(=O)C2CCOCC2)(C(=O)O)CC1. The van der Waals surface area contributed by atoms with Gasteiger partial charge in [-0.2, -0.15) is 4.72 Å². The molecular formula is C14H25NO5S. The number of carboxylic acid groups (broad SMARTS) is 1. The quantitative estimate of drug-likeness (QED) is 0.801. The van der Waals surface area contributed by atoms with Gasteiger partial charge in [0.2, 0.25) is 10.0 Å². The van der Waals surface area contributed by atoms with Gasteiger partial charge in [0, 0.05) is 13.2 Å². The van der Waals surface area contributed by atoms with E-state index in [9.17, 15) is 18.3 Å². The number of hydrogen-bond acceptors (Lipinski definition) is 4. The molecule has 2 N–H and O–H groups in total. The van der Waals surface area contributed by atoms with Gasteiger partial charge in [-0.25, -0.2) is 8.42 Å². The monoisotopic (exact) mass is 319 g/mol. The zero-order chi connectivity index (χ0) is 15.5. The Morgan fingerprint density at radius 2 is 1.81 bits per heavy atom. The summed E-state index contributed by atoms with van der Waals surface area (Å²) in [6, 6.07) is 0. The van der Waals surface area contributed by atoms with Crippen LogP contribution in [0.15, 0.2) is 0 Å². The average molecular weight is 319 g/mol. The molecule has 0 aromatic heterocycles. The molecule has 2 fully saturated rings. The molecule has 1 heterocycles. The number of sulfonamides is 1. The summed E-state index contributed by atoms with van der Waals surface area (Å²) in [4.78, 5) is 11.7. The standard InChI is InChI=1S/C14H25NO5S/c1-2-11-3-7-14(8-4-11,13(16)17)15-21(18,19)12-5-9-20-10-6-12/h11-12,15H,2-10H2,1H3,(H,16,17). The van der Waals surface area contributed by atoms with Crippen molar-refractivity contribution < 1.29 is 23.1 Å². The zero-order valence-electron chi connectivity index (χ0n) is 12.5. The fraction of sp³-hybridized carbons (Fsp3) is 0.929. The minimum atomic E-state index is -3.62. The van der Waals surface area contributed by atoms with Crippen molar-refractivity contribution in [2.75, 3.05) is 13.2 Å². The van der Waals surface area contributed by atoms with Crippen molar-refractivity contribution in [1.29, 1.82) is 0 Å². The summed E-state index contributed by atoms with van der Waals surface area (Å²) in [5, 5.41) is 9.02. The predicted octanol–water partition coefficient (Wildman–Crippen LogP) is 1.51. The Balaban J connectivity index is 2.11. The van der Waals surface area contributed by atoms with Gasteiger partial charge >= 0.3 is 5.97 Å². The van der Waals surface area contributed by atoms with E-state index in [4.69, 9.17) is 4.74 Å². The molecule has 1 aliphatic heterocycles. The Morgan fingerprint density at radius 1 is 1.24 bits per heavy atom. The lowest BCUT2D eigenvalue weighted by atomic mass is 9.76. The van der Waals surface area contributed by atoms with Gasteiger partial charge in [0.25, 0.3) is 0 Å². The van der Waals surface area contributed by atoms with Crippen LogP contribution in [0.1, 0.15) is 51.9 Å². The van der Waals surface area contributed by atoms with E-state index in [1.165, 1.54) is 0 Å². The third-order valence-electron chi connectivity index (χ3n) is 4.89. The van der Waals surface area contributed by atoms with Crippen molar-refractivity contribution in [2.45, 2.75) is 62.7 Å². The summed E-state index contributed by atoms with van der Waals surface area (Å²) in [7, 11) is -3.62. The van der Waals surface area contributed by atoms with E-state index in [0.29, 0.717) is 44.8 Å². The third-order valence-corrected chi connectivity index (χ3v) is 6.91. The predicted molar refractivity (Wildman–Crippen MR) is 78.5 cm³/mol. The van der Waals surface area contributed by atoms with E-state index in [-0.39, 0.29) is 0 Å². The smallest absolute Gasteiger partial charge is 0.324 e. The van der Waals surface area contributed by atoms with Gasteiger partial charge < -0.3 is 9.84 Å². The molecule has 2 rings (SSSR count). The topological polar surface area (TPSA) is 92.7 Å². The summed E-state index contributed by atoms with van der Waals surface area (Å²) < 4.78 is 32.7. The average Bonchev–Trinajstić information content (AvgIpc) is 2.48. The van der Waals surface area contributed by atoms with Crippen LogP contribution in [0.5, 0.6) is 0 Å². The number of rotatable bonds is 5. The first-order chi connectivity index (χ1) is 9.89. The van der Waals surface area contributed by atoms with Gasteiger partial charge in [-0.15, -0.1) is 0 Å². The molecule has 2 aliphatic rings. The second-order valence-corrected chi connectivity index (χ2v) is 8.16. The molecule has 0 amide bonds. The maximum absolute atomic E-state index is 12.5. The molecule has 0 aromatic carbocycles. The van der Waals surface area contributed by atoms with Gasteiger partial charge in [0.15, 0.2) is 0 Å². The molecule has 0 atom stereocenters. The first-order valence-electron chi connectivity index (χ1n) is 7.73. The second kappa shape index (κ2) is 6.62. The molecule has 1 saturated heterocycles. The van der Waals surface area contributed by atoms with Crippen molar-refractivity contribution >= 4 is 16.0 Å². The summed E-state index contributed by atoms with van der Waals surface area (Å²) in [6.45, 7) is 2.93. The van der Waals surface area contributed by atoms with Gasteiger partial charge in [0.05, 0.1) is 5.25 Å². The van der Waals surface area contributed by atoms with Crippen LogP contribution >= 0.6 is 0 Å². The van der Waals surface area contributed by atoms with Crippen LogP contribution in [-0.2, 0) is 19.6 Å². The summed E-state index contributed by atoms with van der Waals surface area (Å²) in [5.74, 6) is -0.544. The van der Waals surface area contributed by atoms with E-state index < -0.39 is 26.8 Å². The first-order valence-corrected chi connectivity index (χ1v) is 9.28. The molecule has 1 aliphatic carbocycles. The maximum Gasteiger partial charge on any atom is 0.324 e. The molecule has 0 unspecified atom stereocenters. The highest BCUT2D eigenvalue weighted by atomic mass is 32.2. The Morgan fingerprint density at radius 3 is 2.29 bits per heavy atom. The lowest BCUT2D eigenvalue weighted by Crippen LogP contribution is -2.58. The Bertz CT molecular complexity index is 462. The largest absolute Gasteiger partial charge is 0.480 e. The lowest BCUT2D eigenvalue weighted by Gasteiger charge is -2.38. The number of carbonyl (C=O) groups is 1. The second-order valence-electron chi connectivity index (χ2n) is 6.20. The van der Waals surface area contributed by atoms with E-state index in [1.54, 1.807) is 0 Å². The number of carboxylic acids is 1. The van der Waals surface area contributed by atoms with Crippen molar-refractivity contribution in [3.05, 3.63) is 0 Å². The molecular weight excluding hydrogens is 294 g/mol. The number of hydrogen-bond donors (Lipinski definition) is 2. The normalized spacial score (nSPS) is 32.0. The summed E-state index contributed by atoms with van der Waals surface area (Å²) in [6.07, 6.45) is 4.17. The highest BCUT2D eigenvalue weighted by Gasteiger charge is 2.46. The maximum atomic E-state index is 12.5. The van der Waals surface area contributed by atoms with E-state index in [0.717, 1.165) is 19.3 Å². The number of nitrogens with one attached hydrogen (secondary N) is 1. The van der Waals surface area contributed by atoms with E-state index in [2.05, 4.69) is 11.6 Å². The van der Waals surface area contributed by atoms with Gasteiger partial charge in [-0.3, -0.25) is 4.79 Å². The molecule has 1 saturated carbocycles. The fourth-order valence-corrected chi connectivity index (χ4v) is 5.10. The molecule has 122 valence electrons. The minimum Gasteiger partial charge on any atom is -0.480 e. The van der Waals surface area contributed by atoms with Gasteiger partial charge in [-0.1, -0.05) is 13.3 Å². The van der Waals surface area contributed by atoms with Crippen molar-refractivity contribution in [2.24, 2.45) is 5.92 Å². The van der Waals surface area contributed by atoms with Crippen molar-refractivity contribution in [3.8, 4) is 0 Å².